The molecule has 6 heteroatoms. The maximum absolute atomic E-state index is 10.3. The van der Waals surface area contributed by atoms with E-state index >= 15 is 0 Å². The molecule has 3 rings (SSSR count). The van der Waals surface area contributed by atoms with Crippen molar-refractivity contribution < 1.29 is 19.7 Å². The Labute approximate surface area is 190 Å². The van der Waals surface area contributed by atoms with Crippen molar-refractivity contribution in [3.63, 3.8) is 0 Å². The minimum atomic E-state index is -0.618. The molecule has 0 aliphatic heterocycles. The predicted molar refractivity (Wildman–Crippen MR) is 129 cm³/mol. The van der Waals surface area contributed by atoms with Crippen molar-refractivity contribution in [2.24, 2.45) is 0 Å². The monoisotopic (exact) mass is 436 g/mol. The Hall–Kier alpha value is -3.22. The van der Waals surface area contributed by atoms with Gasteiger partial charge in [-0.1, -0.05) is 36.4 Å². The number of benzene rings is 3. The van der Waals surface area contributed by atoms with Gasteiger partial charge in [0.1, 0.15) is 36.9 Å². The molecule has 3 aromatic rings. The number of ether oxygens (including phenoxy) is 2. The van der Waals surface area contributed by atoms with E-state index in [0.717, 1.165) is 11.4 Å². The Kier molecular flexibility index (Phi) is 8.78. The van der Waals surface area contributed by atoms with Crippen LogP contribution in [0.25, 0.3) is 0 Å². The molecule has 0 aromatic heterocycles. The number of rotatable bonds is 12. The highest BCUT2D eigenvalue weighted by atomic mass is 16.5. The van der Waals surface area contributed by atoms with Gasteiger partial charge in [-0.3, -0.25) is 0 Å². The van der Waals surface area contributed by atoms with E-state index in [-0.39, 0.29) is 13.2 Å². The summed E-state index contributed by atoms with van der Waals surface area (Å²) in [5.74, 6) is 1.31. The summed E-state index contributed by atoms with van der Waals surface area (Å²) in [5.41, 5.74) is 2.09. The molecule has 0 spiro atoms. The lowest BCUT2D eigenvalue weighted by Crippen LogP contribution is -2.33. The van der Waals surface area contributed by atoms with Crippen LogP contribution in [0, 0.1) is 0 Å². The molecule has 0 amide bonds. The highest BCUT2D eigenvalue weighted by Gasteiger charge is 2.11. The van der Waals surface area contributed by atoms with Gasteiger partial charge in [0.2, 0.25) is 0 Å². The highest BCUT2D eigenvalue weighted by Crippen LogP contribution is 2.19. The minimum absolute atomic E-state index is 0.196. The summed E-state index contributed by atoms with van der Waals surface area (Å²) in [6.07, 6.45) is -1.24. The van der Waals surface area contributed by atoms with Gasteiger partial charge < -0.3 is 29.5 Å². The van der Waals surface area contributed by atoms with Crippen LogP contribution in [0.2, 0.25) is 0 Å². The second-order valence-corrected chi connectivity index (χ2v) is 7.83. The Morgan fingerprint density at radius 2 is 0.938 bits per heavy atom. The van der Waals surface area contributed by atoms with Gasteiger partial charge in [0.05, 0.1) is 0 Å². The molecule has 2 atom stereocenters. The number of likely N-dealkylation sites (N-methyl/N-ethyl adjacent to an activating group) is 2. The van der Waals surface area contributed by atoms with Crippen LogP contribution in [-0.4, -0.2) is 62.8 Å². The van der Waals surface area contributed by atoms with Crippen LogP contribution in [0.5, 0.6) is 11.5 Å². The van der Waals surface area contributed by atoms with Gasteiger partial charge in [0.25, 0.3) is 0 Å². The number of anilines is 2. The van der Waals surface area contributed by atoms with Gasteiger partial charge in [0, 0.05) is 38.6 Å². The number of aliphatic hydroxyl groups excluding tert-OH is 2. The van der Waals surface area contributed by atoms with Crippen molar-refractivity contribution in [2.45, 2.75) is 12.2 Å². The van der Waals surface area contributed by atoms with E-state index in [1.54, 1.807) is 24.3 Å². The van der Waals surface area contributed by atoms with Gasteiger partial charge >= 0.3 is 0 Å². The van der Waals surface area contributed by atoms with E-state index in [4.69, 9.17) is 9.47 Å². The molecule has 0 aliphatic carbocycles. The molecule has 0 saturated heterocycles. The summed E-state index contributed by atoms with van der Waals surface area (Å²) < 4.78 is 11.4. The van der Waals surface area contributed by atoms with E-state index in [1.165, 1.54) is 0 Å². The number of hydrogen-bond acceptors (Lipinski definition) is 6. The van der Waals surface area contributed by atoms with E-state index in [1.807, 2.05) is 84.6 Å². The first kappa shape index (κ1) is 23.4. The third kappa shape index (κ3) is 7.48. The fraction of sp³-hybridized carbons (Fsp3) is 0.308. The van der Waals surface area contributed by atoms with Crippen LogP contribution in [0.4, 0.5) is 11.4 Å². The van der Waals surface area contributed by atoms with Crippen LogP contribution in [-0.2, 0) is 0 Å². The number of nitrogens with zero attached hydrogens (tertiary/aromatic N) is 2. The van der Waals surface area contributed by atoms with Gasteiger partial charge in [-0.05, 0) is 48.5 Å². The molecular formula is C26H32N2O4. The first-order valence-corrected chi connectivity index (χ1v) is 10.8. The molecule has 0 unspecified atom stereocenters. The lowest BCUT2D eigenvalue weighted by Gasteiger charge is -2.23. The van der Waals surface area contributed by atoms with E-state index in [9.17, 15) is 10.2 Å². The zero-order valence-electron chi connectivity index (χ0n) is 18.7. The van der Waals surface area contributed by atoms with Crippen molar-refractivity contribution in [1.82, 2.24) is 0 Å². The second-order valence-electron chi connectivity index (χ2n) is 7.83. The maximum atomic E-state index is 10.3. The third-order valence-electron chi connectivity index (χ3n) is 5.07. The number of hydrogen-bond donors (Lipinski definition) is 2. The molecule has 2 N–H and O–H groups in total. The van der Waals surface area contributed by atoms with Crippen LogP contribution in [0.15, 0.2) is 84.9 Å². The summed E-state index contributed by atoms with van der Waals surface area (Å²) in [7, 11) is 3.88. The average molecular weight is 437 g/mol. The van der Waals surface area contributed by atoms with Crippen molar-refractivity contribution in [3.05, 3.63) is 84.9 Å². The fourth-order valence-corrected chi connectivity index (χ4v) is 3.33. The molecule has 170 valence electrons. The molecule has 0 saturated carbocycles. The van der Waals surface area contributed by atoms with E-state index in [0.29, 0.717) is 24.6 Å². The van der Waals surface area contributed by atoms with Crippen LogP contribution in [0.3, 0.4) is 0 Å². The first-order chi connectivity index (χ1) is 15.5. The van der Waals surface area contributed by atoms with Crippen molar-refractivity contribution in [2.75, 3.05) is 50.2 Å². The molecule has 32 heavy (non-hydrogen) atoms. The lowest BCUT2D eigenvalue weighted by molar-refractivity contribution is 0.111. The van der Waals surface area contributed by atoms with Gasteiger partial charge in [0.15, 0.2) is 0 Å². The predicted octanol–water partition coefficient (Wildman–Crippen LogP) is 3.44. The van der Waals surface area contributed by atoms with Crippen LogP contribution in [0.1, 0.15) is 0 Å². The van der Waals surface area contributed by atoms with Crippen molar-refractivity contribution >= 4 is 11.4 Å². The second kappa shape index (κ2) is 12.0. The number of para-hydroxylation sites is 2. The van der Waals surface area contributed by atoms with E-state index in [2.05, 4.69) is 0 Å². The molecule has 6 nitrogen and oxygen atoms in total. The zero-order chi connectivity index (χ0) is 22.8. The molecule has 0 radical (unpaired) electrons. The van der Waals surface area contributed by atoms with Gasteiger partial charge in [-0.25, -0.2) is 0 Å². The smallest absolute Gasteiger partial charge is 0.119 e. The van der Waals surface area contributed by atoms with Gasteiger partial charge in [-0.2, -0.15) is 0 Å². The quantitative estimate of drug-likeness (QED) is 0.454. The maximum Gasteiger partial charge on any atom is 0.119 e. The Morgan fingerprint density at radius 3 is 1.28 bits per heavy atom. The third-order valence-corrected chi connectivity index (χ3v) is 5.07. The minimum Gasteiger partial charge on any atom is -0.491 e. The van der Waals surface area contributed by atoms with E-state index < -0.39 is 12.2 Å². The van der Waals surface area contributed by atoms with Gasteiger partial charge in [-0.15, -0.1) is 0 Å². The highest BCUT2D eigenvalue weighted by molar-refractivity contribution is 5.45. The SMILES string of the molecule is CN(C[C@H](O)COc1ccc(OC[C@@H](O)CN(C)c2ccccc2)cc1)c1ccccc1. The molecule has 0 fully saturated rings. The Balaban J connectivity index is 1.38. The fourth-order valence-electron chi connectivity index (χ4n) is 3.33. The molecular weight excluding hydrogens is 404 g/mol. The first-order valence-electron chi connectivity index (χ1n) is 10.8. The molecule has 3 aromatic carbocycles. The summed E-state index contributed by atoms with van der Waals surface area (Å²) in [5, 5.41) is 20.5. The average Bonchev–Trinajstić information content (AvgIpc) is 2.83. The normalized spacial score (nSPS) is 12.6. The molecule has 0 heterocycles. The largest absolute Gasteiger partial charge is 0.491 e. The Morgan fingerprint density at radius 1 is 0.594 bits per heavy atom. The summed E-state index contributed by atoms with van der Waals surface area (Å²) in [6.45, 7) is 1.34. The zero-order valence-corrected chi connectivity index (χ0v) is 18.7. The molecule has 0 aliphatic rings. The van der Waals surface area contributed by atoms with Crippen molar-refractivity contribution in [3.8, 4) is 11.5 Å². The van der Waals surface area contributed by atoms with Crippen LogP contribution >= 0.6 is 0 Å². The summed E-state index contributed by atoms with van der Waals surface area (Å²) >= 11 is 0. The summed E-state index contributed by atoms with van der Waals surface area (Å²) in [4.78, 5) is 3.98. The molecule has 0 bridgehead atoms. The number of aliphatic hydroxyl groups is 2. The standard InChI is InChI=1S/C26H32N2O4/c1-27(21-9-5-3-6-10-21)17-23(29)19-31-25-13-15-26(16-14-25)32-20-24(30)18-28(2)22-11-7-4-8-12-22/h3-16,23-24,29-30H,17-20H2,1-2H3/t23-,24-/m0/s1. The van der Waals surface area contributed by atoms with Crippen molar-refractivity contribution in [1.29, 1.82) is 0 Å². The topological polar surface area (TPSA) is 65.4 Å². The van der Waals surface area contributed by atoms with Crippen LogP contribution < -0.4 is 19.3 Å². The Bertz CT molecular complexity index is 830. The lowest BCUT2D eigenvalue weighted by atomic mass is 10.2. The summed E-state index contributed by atoms with van der Waals surface area (Å²) in [6, 6.07) is 27.0.